The number of nitrogens with zero attached hydrogens (tertiary/aromatic N) is 3. The summed E-state index contributed by atoms with van der Waals surface area (Å²) in [6.45, 7) is 1.40. The maximum absolute atomic E-state index is 10.7. The van der Waals surface area contributed by atoms with Crippen molar-refractivity contribution in [3.8, 4) is 0 Å². The largest absolute Gasteiger partial charge is 0.569 e. The molecule has 1 heterocycles. The SMILES string of the molecule is CO.[O-]/[N+](=N/O)N1CCCCCC1. The molecule has 2 N–H and O–H groups in total. The van der Waals surface area contributed by atoms with Gasteiger partial charge in [-0.05, 0) is 12.8 Å². The normalized spacial score (nSPS) is 18.6. The molecule has 1 aliphatic rings. The van der Waals surface area contributed by atoms with Gasteiger partial charge >= 0.3 is 0 Å². The second-order valence-corrected chi connectivity index (χ2v) is 2.71. The van der Waals surface area contributed by atoms with Gasteiger partial charge < -0.3 is 15.5 Å². The minimum atomic E-state index is 0.269. The van der Waals surface area contributed by atoms with Crippen molar-refractivity contribution >= 4 is 0 Å². The van der Waals surface area contributed by atoms with Crippen LogP contribution in [-0.2, 0) is 0 Å². The van der Waals surface area contributed by atoms with Crippen molar-refractivity contribution in [1.29, 1.82) is 0 Å². The first-order valence-electron chi connectivity index (χ1n) is 4.36. The average Bonchev–Trinajstić information content (AvgIpc) is 2.48. The Bertz CT molecular complexity index is 144. The molecule has 1 rings (SSSR count). The van der Waals surface area contributed by atoms with Crippen LogP contribution in [0.1, 0.15) is 25.7 Å². The highest BCUT2D eigenvalue weighted by Gasteiger charge is 2.14. The molecule has 6 heteroatoms. The Morgan fingerprint density at radius 1 is 1.15 bits per heavy atom. The van der Waals surface area contributed by atoms with Crippen LogP contribution in [0, 0.1) is 5.21 Å². The van der Waals surface area contributed by atoms with Gasteiger partial charge in [0.25, 0.3) is 0 Å². The summed E-state index contributed by atoms with van der Waals surface area (Å²) in [5.74, 6) is 0. The molecule has 13 heavy (non-hydrogen) atoms. The Labute approximate surface area is 77.6 Å². The first-order chi connectivity index (χ1) is 6.34. The van der Waals surface area contributed by atoms with E-state index in [9.17, 15) is 5.21 Å². The lowest BCUT2D eigenvalue weighted by atomic mass is 10.2. The van der Waals surface area contributed by atoms with Crippen LogP contribution < -0.4 is 0 Å². The quantitative estimate of drug-likeness (QED) is 0.364. The third-order valence-corrected chi connectivity index (χ3v) is 1.90. The molecule has 0 spiro atoms. The van der Waals surface area contributed by atoms with Gasteiger partial charge in [-0.3, -0.25) is 0 Å². The first kappa shape index (κ1) is 12.0. The van der Waals surface area contributed by atoms with Crippen molar-refractivity contribution in [3.05, 3.63) is 5.21 Å². The molecule has 0 radical (unpaired) electrons. The predicted molar refractivity (Wildman–Crippen MR) is 46.0 cm³/mol. The summed E-state index contributed by atoms with van der Waals surface area (Å²) < 4.78 is 0. The van der Waals surface area contributed by atoms with Crippen LogP contribution in [0.2, 0.25) is 0 Å². The van der Waals surface area contributed by atoms with Crippen LogP contribution in [0.15, 0.2) is 5.28 Å². The fourth-order valence-electron chi connectivity index (χ4n) is 1.28. The van der Waals surface area contributed by atoms with Gasteiger partial charge in [-0.1, -0.05) is 12.8 Å². The fraction of sp³-hybridized carbons (Fsp3) is 1.00. The third-order valence-electron chi connectivity index (χ3n) is 1.90. The summed E-state index contributed by atoms with van der Waals surface area (Å²) in [5.41, 5.74) is 0. The van der Waals surface area contributed by atoms with E-state index in [1.807, 2.05) is 0 Å². The number of rotatable bonds is 1. The van der Waals surface area contributed by atoms with Gasteiger partial charge in [-0.15, -0.1) is 5.01 Å². The molecule has 1 saturated heterocycles. The zero-order valence-electron chi connectivity index (χ0n) is 7.89. The van der Waals surface area contributed by atoms with E-state index in [2.05, 4.69) is 5.28 Å². The van der Waals surface area contributed by atoms with E-state index in [0.717, 1.165) is 32.8 Å². The molecule has 1 fully saturated rings. The number of hydrazine groups is 1. The number of aliphatic hydroxyl groups is 1. The summed E-state index contributed by atoms with van der Waals surface area (Å²) in [7, 11) is 1.00. The van der Waals surface area contributed by atoms with Gasteiger partial charge in [0.05, 0.1) is 18.1 Å². The molecule has 0 aliphatic carbocycles. The Morgan fingerprint density at radius 2 is 1.62 bits per heavy atom. The lowest BCUT2D eigenvalue weighted by molar-refractivity contribution is -0.709. The Hall–Kier alpha value is -1.04. The maximum Gasteiger partial charge on any atom is 0.230 e. The van der Waals surface area contributed by atoms with Gasteiger partial charge in [-0.2, -0.15) is 0 Å². The highest BCUT2D eigenvalue weighted by molar-refractivity contribution is 4.54. The topological polar surface area (TPSA) is 82.1 Å². The Kier molecular flexibility index (Phi) is 6.99. The van der Waals surface area contributed by atoms with Gasteiger partial charge in [-0.25, -0.2) is 0 Å². The molecular formula is C7H17N3O3. The maximum atomic E-state index is 10.7. The van der Waals surface area contributed by atoms with Gasteiger partial charge in [0, 0.05) is 7.11 Å². The van der Waals surface area contributed by atoms with E-state index in [0.29, 0.717) is 13.1 Å². The number of aliphatic hydroxyl groups excluding tert-OH is 1. The average molecular weight is 191 g/mol. The van der Waals surface area contributed by atoms with Crippen molar-refractivity contribution in [2.75, 3.05) is 20.2 Å². The molecule has 0 saturated carbocycles. The minimum Gasteiger partial charge on any atom is -0.569 e. The van der Waals surface area contributed by atoms with Crippen LogP contribution in [0.5, 0.6) is 0 Å². The molecule has 0 aromatic carbocycles. The molecule has 0 unspecified atom stereocenters. The molecule has 0 bridgehead atoms. The zero-order valence-corrected chi connectivity index (χ0v) is 7.89. The van der Waals surface area contributed by atoms with E-state index in [4.69, 9.17) is 10.3 Å². The van der Waals surface area contributed by atoms with E-state index in [-0.39, 0.29) is 4.97 Å². The molecule has 0 amide bonds. The minimum absolute atomic E-state index is 0.269. The van der Waals surface area contributed by atoms with Crippen LogP contribution in [-0.4, -0.2) is 40.5 Å². The van der Waals surface area contributed by atoms with Gasteiger partial charge in [0.2, 0.25) is 5.28 Å². The predicted octanol–water partition coefficient (Wildman–Crippen LogP) is 0.738. The van der Waals surface area contributed by atoms with Gasteiger partial charge in [0.1, 0.15) is 0 Å². The second-order valence-electron chi connectivity index (χ2n) is 2.71. The standard InChI is InChI=1S/C6H13N3O2.CH4O/c10-7-9(11)8-5-3-1-2-4-6-8;1-2/h10H,1-6H2;2H,1H3/b9-7+;. The van der Waals surface area contributed by atoms with Crippen molar-refractivity contribution < 1.29 is 15.3 Å². The van der Waals surface area contributed by atoms with Crippen molar-refractivity contribution in [2.45, 2.75) is 25.7 Å². The van der Waals surface area contributed by atoms with Crippen molar-refractivity contribution in [2.24, 2.45) is 5.28 Å². The van der Waals surface area contributed by atoms with Crippen LogP contribution in [0.4, 0.5) is 0 Å². The van der Waals surface area contributed by atoms with Gasteiger partial charge in [0.15, 0.2) is 0 Å². The van der Waals surface area contributed by atoms with Crippen molar-refractivity contribution in [3.63, 3.8) is 0 Å². The van der Waals surface area contributed by atoms with E-state index < -0.39 is 0 Å². The van der Waals surface area contributed by atoms with E-state index in [1.165, 1.54) is 5.01 Å². The first-order valence-corrected chi connectivity index (χ1v) is 4.36. The van der Waals surface area contributed by atoms with E-state index in [1.54, 1.807) is 0 Å². The molecular weight excluding hydrogens is 174 g/mol. The summed E-state index contributed by atoms with van der Waals surface area (Å²) in [4.78, 5) is 0.269. The lowest BCUT2D eigenvalue weighted by Gasteiger charge is -2.13. The Morgan fingerprint density at radius 3 is 2.00 bits per heavy atom. The summed E-state index contributed by atoms with van der Waals surface area (Å²) in [6.07, 6.45) is 4.34. The summed E-state index contributed by atoms with van der Waals surface area (Å²) in [6, 6.07) is 0. The molecule has 0 aromatic heterocycles. The fourth-order valence-corrected chi connectivity index (χ4v) is 1.28. The molecule has 6 nitrogen and oxygen atoms in total. The number of hydrogen-bond acceptors (Lipinski definition) is 3. The molecule has 1 aliphatic heterocycles. The summed E-state index contributed by atoms with van der Waals surface area (Å²) in [5, 5.41) is 30.0. The molecule has 78 valence electrons. The van der Waals surface area contributed by atoms with Crippen molar-refractivity contribution in [1.82, 2.24) is 5.01 Å². The monoisotopic (exact) mass is 191 g/mol. The smallest absolute Gasteiger partial charge is 0.230 e. The van der Waals surface area contributed by atoms with Crippen LogP contribution in [0.3, 0.4) is 0 Å². The van der Waals surface area contributed by atoms with E-state index >= 15 is 0 Å². The summed E-state index contributed by atoms with van der Waals surface area (Å²) >= 11 is 0. The molecule has 0 aromatic rings. The Balaban J connectivity index is 0.000000671. The van der Waals surface area contributed by atoms with Crippen LogP contribution in [0.25, 0.3) is 0 Å². The van der Waals surface area contributed by atoms with Crippen LogP contribution >= 0.6 is 0 Å². The highest BCUT2D eigenvalue weighted by Crippen LogP contribution is 2.09. The second kappa shape index (κ2) is 7.60. The lowest BCUT2D eigenvalue weighted by Crippen LogP contribution is -2.31. The highest BCUT2D eigenvalue weighted by atomic mass is 16.6. The third kappa shape index (κ3) is 4.51. The number of hydrogen-bond donors (Lipinski definition) is 2. The molecule has 0 atom stereocenters. The zero-order chi connectivity index (χ0) is 10.1.